The number of benzene rings is 2. The highest BCUT2D eigenvalue weighted by molar-refractivity contribution is 5.96. The number of Topliss-reactive ketones (excluding diaryl/α,β-unsaturated/α-hetero) is 1. The van der Waals surface area contributed by atoms with Crippen molar-refractivity contribution in [3.8, 4) is 17.2 Å². The maximum Gasteiger partial charge on any atom is 0.231 e. The molecule has 1 atom stereocenters. The average Bonchev–Trinajstić information content (AvgIpc) is 3.23. The molecule has 5 heteroatoms. The van der Waals surface area contributed by atoms with Crippen LogP contribution in [0.25, 0.3) is 0 Å². The molecule has 0 bridgehead atoms. The topological polar surface area (TPSA) is 48.0 Å². The van der Waals surface area contributed by atoms with E-state index >= 15 is 0 Å². The molecule has 0 spiro atoms. The molecule has 1 unspecified atom stereocenters. The maximum absolute atomic E-state index is 13.1. The second-order valence-corrected chi connectivity index (χ2v) is 8.24. The van der Waals surface area contributed by atoms with Crippen LogP contribution in [0.2, 0.25) is 0 Å². The molecule has 30 heavy (non-hydrogen) atoms. The standard InChI is InChI=1S/C25H31NO4/c1-4-5-6-7-17-8-10-18(11-9-17)21(27)15-20-23-19(12-13-26(20)2)14-22-24(25(23)28-3)30-16-29-22/h8-11,14,20H,4-7,12-13,15-16H2,1-3H3. The number of ketones is 1. The molecule has 2 heterocycles. The molecule has 2 aliphatic heterocycles. The Morgan fingerprint density at radius 3 is 2.73 bits per heavy atom. The van der Waals surface area contributed by atoms with E-state index in [0.717, 1.165) is 36.3 Å². The molecular formula is C25H31NO4. The first-order valence-electron chi connectivity index (χ1n) is 10.9. The summed E-state index contributed by atoms with van der Waals surface area (Å²) in [6.45, 7) is 3.31. The lowest BCUT2D eigenvalue weighted by atomic mass is 9.87. The van der Waals surface area contributed by atoms with Gasteiger partial charge in [0.15, 0.2) is 17.3 Å². The molecule has 0 radical (unpaired) electrons. The quantitative estimate of drug-likeness (QED) is 0.456. The Bertz CT molecular complexity index is 906. The van der Waals surface area contributed by atoms with Crippen molar-refractivity contribution in [2.75, 3.05) is 27.5 Å². The highest BCUT2D eigenvalue weighted by atomic mass is 16.7. The zero-order chi connectivity index (χ0) is 21.1. The van der Waals surface area contributed by atoms with Crippen molar-refractivity contribution in [1.82, 2.24) is 4.90 Å². The normalized spacial score (nSPS) is 17.6. The number of nitrogens with zero attached hydrogens (tertiary/aromatic N) is 1. The SMILES string of the molecule is CCCCCc1ccc(C(=O)CC2c3c(cc4c(c3OC)OCO4)CCN2C)cc1. The summed E-state index contributed by atoms with van der Waals surface area (Å²) in [6, 6.07) is 10.2. The van der Waals surface area contributed by atoms with Crippen LogP contribution >= 0.6 is 0 Å². The van der Waals surface area contributed by atoms with Crippen LogP contribution in [-0.2, 0) is 12.8 Å². The van der Waals surface area contributed by atoms with Crippen LogP contribution in [0, 0.1) is 0 Å². The zero-order valence-corrected chi connectivity index (χ0v) is 18.2. The van der Waals surface area contributed by atoms with E-state index in [4.69, 9.17) is 14.2 Å². The van der Waals surface area contributed by atoms with Gasteiger partial charge in [0.05, 0.1) is 7.11 Å². The van der Waals surface area contributed by atoms with Gasteiger partial charge in [-0.3, -0.25) is 9.69 Å². The molecule has 4 rings (SSSR count). The number of aryl methyl sites for hydroxylation is 1. The smallest absolute Gasteiger partial charge is 0.231 e. The molecule has 0 amide bonds. The molecule has 5 nitrogen and oxygen atoms in total. The number of hydrogen-bond acceptors (Lipinski definition) is 5. The van der Waals surface area contributed by atoms with E-state index in [-0.39, 0.29) is 18.6 Å². The fourth-order valence-corrected chi connectivity index (χ4v) is 4.51. The summed E-state index contributed by atoms with van der Waals surface area (Å²) in [4.78, 5) is 15.4. The molecule has 2 aromatic rings. The van der Waals surface area contributed by atoms with Crippen LogP contribution in [0.5, 0.6) is 17.2 Å². The summed E-state index contributed by atoms with van der Waals surface area (Å²) in [6.07, 6.45) is 6.05. The van der Waals surface area contributed by atoms with E-state index in [2.05, 4.69) is 37.1 Å². The van der Waals surface area contributed by atoms with Crippen molar-refractivity contribution in [2.45, 2.75) is 51.5 Å². The second-order valence-electron chi connectivity index (χ2n) is 8.24. The molecule has 160 valence electrons. The van der Waals surface area contributed by atoms with E-state index in [1.807, 2.05) is 12.1 Å². The van der Waals surface area contributed by atoms with Crippen molar-refractivity contribution in [2.24, 2.45) is 0 Å². The lowest BCUT2D eigenvalue weighted by Gasteiger charge is -2.35. The van der Waals surface area contributed by atoms with Crippen LogP contribution < -0.4 is 14.2 Å². The van der Waals surface area contributed by atoms with Gasteiger partial charge in [0.2, 0.25) is 12.5 Å². The van der Waals surface area contributed by atoms with Crippen molar-refractivity contribution in [1.29, 1.82) is 0 Å². The summed E-state index contributed by atoms with van der Waals surface area (Å²) >= 11 is 0. The number of likely N-dealkylation sites (N-methyl/N-ethyl adjacent to an activating group) is 1. The Kier molecular flexibility index (Phi) is 6.28. The van der Waals surface area contributed by atoms with E-state index in [9.17, 15) is 4.79 Å². The first kappa shape index (κ1) is 20.7. The fraction of sp³-hybridized carbons (Fsp3) is 0.480. The van der Waals surface area contributed by atoms with Crippen LogP contribution in [0.4, 0.5) is 0 Å². The van der Waals surface area contributed by atoms with Gasteiger partial charge in [-0.15, -0.1) is 0 Å². The third kappa shape index (κ3) is 4.04. The Labute approximate surface area is 178 Å². The molecule has 0 N–H and O–H groups in total. The Morgan fingerprint density at radius 1 is 1.20 bits per heavy atom. The number of hydrogen-bond donors (Lipinski definition) is 0. The summed E-state index contributed by atoms with van der Waals surface area (Å²) in [5, 5.41) is 0. The van der Waals surface area contributed by atoms with Gasteiger partial charge in [-0.1, -0.05) is 44.0 Å². The third-order valence-corrected chi connectivity index (χ3v) is 6.27. The Morgan fingerprint density at radius 2 is 2.00 bits per heavy atom. The van der Waals surface area contributed by atoms with Gasteiger partial charge in [0.25, 0.3) is 0 Å². The summed E-state index contributed by atoms with van der Waals surface area (Å²) < 4.78 is 17.0. The molecule has 0 saturated heterocycles. The van der Waals surface area contributed by atoms with Gasteiger partial charge in [0.1, 0.15) is 0 Å². The maximum atomic E-state index is 13.1. The lowest BCUT2D eigenvalue weighted by Crippen LogP contribution is -2.34. The van der Waals surface area contributed by atoms with Gasteiger partial charge in [-0.05, 0) is 43.5 Å². The fourth-order valence-electron chi connectivity index (χ4n) is 4.51. The van der Waals surface area contributed by atoms with Gasteiger partial charge < -0.3 is 14.2 Å². The van der Waals surface area contributed by atoms with Crippen molar-refractivity contribution < 1.29 is 19.0 Å². The van der Waals surface area contributed by atoms with Crippen LogP contribution in [-0.4, -0.2) is 38.2 Å². The van der Waals surface area contributed by atoms with E-state index in [1.54, 1.807) is 7.11 Å². The molecule has 0 aromatic heterocycles. The monoisotopic (exact) mass is 409 g/mol. The predicted molar refractivity (Wildman–Crippen MR) is 117 cm³/mol. The lowest BCUT2D eigenvalue weighted by molar-refractivity contribution is 0.0925. The number of carbonyl (C=O) groups excluding carboxylic acids is 1. The Balaban J connectivity index is 1.56. The average molecular weight is 410 g/mol. The minimum absolute atomic E-state index is 0.0464. The van der Waals surface area contributed by atoms with Crippen LogP contribution in [0.1, 0.15) is 65.7 Å². The molecule has 0 fully saturated rings. The van der Waals surface area contributed by atoms with Gasteiger partial charge in [-0.2, -0.15) is 0 Å². The van der Waals surface area contributed by atoms with Gasteiger partial charge in [0, 0.05) is 30.1 Å². The van der Waals surface area contributed by atoms with E-state index in [0.29, 0.717) is 17.9 Å². The van der Waals surface area contributed by atoms with E-state index < -0.39 is 0 Å². The number of rotatable bonds is 8. The minimum Gasteiger partial charge on any atom is -0.492 e. The number of ether oxygens (including phenoxy) is 3. The predicted octanol–water partition coefficient (Wildman–Crippen LogP) is 4.96. The van der Waals surface area contributed by atoms with Crippen LogP contribution in [0.3, 0.4) is 0 Å². The van der Waals surface area contributed by atoms with Crippen molar-refractivity contribution in [3.63, 3.8) is 0 Å². The second kappa shape index (κ2) is 9.09. The minimum atomic E-state index is -0.0464. The zero-order valence-electron chi connectivity index (χ0n) is 18.2. The Hall–Kier alpha value is -2.53. The van der Waals surface area contributed by atoms with Gasteiger partial charge in [-0.25, -0.2) is 0 Å². The van der Waals surface area contributed by atoms with Gasteiger partial charge >= 0.3 is 0 Å². The van der Waals surface area contributed by atoms with Crippen molar-refractivity contribution >= 4 is 5.78 Å². The molecule has 2 aromatic carbocycles. The first-order valence-corrected chi connectivity index (χ1v) is 10.9. The molecule has 0 saturated carbocycles. The highest BCUT2D eigenvalue weighted by Gasteiger charge is 2.35. The number of carbonyl (C=O) groups is 1. The highest BCUT2D eigenvalue weighted by Crippen LogP contribution is 2.50. The van der Waals surface area contributed by atoms with Crippen LogP contribution in [0.15, 0.2) is 30.3 Å². The summed E-state index contributed by atoms with van der Waals surface area (Å²) in [7, 11) is 3.73. The third-order valence-electron chi connectivity index (χ3n) is 6.27. The summed E-state index contributed by atoms with van der Waals surface area (Å²) in [5.74, 6) is 2.24. The molecule has 2 aliphatic rings. The van der Waals surface area contributed by atoms with E-state index in [1.165, 1.54) is 30.4 Å². The number of methoxy groups -OCH3 is 1. The largest absolute Gasteiger partial charge is 0.492 e. The first-order chi connectivity index (χ1) is 14.6. The molecular weight excluding hydrogens is 378 g/mol. The summed E-state index contributed by atoms with van der Waals surface area (Å²) in [5.41, 5.74) is 4.31. The number of fused-ring (bicyclic) bond motifs is 2. The molecule has 0 aliphatic carbocycles. The number of unbranched alkanes of at least 4 members (excludes halogenated alkanes) is 2. The van der Waals surface area contributed by atoms with Crippen molar-refractivity contribution in [3.05, 3.63) is 52.6 Å².